The number of hydrogen-bond acceptors (Lipinski definition) is 25. The predicted octanol–water partition coefficient (Wildman–Crippen LogP) is 5.78. The first kappa shape index (κ1) is 84.1. The Morgan fingerprint density at radius 2 is 0.894 bits per heavy atom. The molecule has 2 aromatic heterocycles. The molecule has 35 heteroatoms. The maximum Gasteiger partial charge on any atom is 0.320 e. The number of likely N-dealkylation sites (N-methyl/N-ethyl adjacent to an activating group) is 2. The monoisotopic (exact) mass is 1680 g/mol. The molecule has 14 heterocycles. The molecule has 2 unspecified atom stereocenters. The molecule has 12 aliphatic rings. The second-order valence-corrected chi connectivity index (χ2v) is 34.2. The van der Waals surface area contributed by atoms with Gasteiger partial charge in [-0.1, -0.05) is 24.3 Å². The van der Waals surface area contributed by atoms with Crippen molar-refractivity contribution in [2.75, 3.05) is 156 Å². The van der Waals surface area contributed by atoms with Crippen molar-refractivity contribution in [1.29, 1.82) is 0 Å². The maximum atomic E-state index is 13.4. The van der Waals surface area contributed by atoms with E-state index in [1.807, 2.05) is 59.1 Å². The van der Waals surface area contributed by atoms with Crippen LogP contribution in [0.3, 0.4) is 0 Å². The first-order valence-corrected chi connectivity index (χ1v) is 43.2. The largest absolute Gasteiger partial charge is 0.371 e. The van der Waals surface area contributed by atoms with Gasteiger partial charge in [0.1, 0.15) is 30.0 Å². The van der Waals surface area contributed by atoms with E-state index in [-0.39, 0.29) is 78.3 Å². The summed E-state index contributed by atoms with van der Waals surface area (Å²) < 4.78 is 0. The lowest BCUT2D eigenvalue weighted by atomic mass is 9.88. The van der Waals surface area contributed by atoms with Gasteiger partial charge in [0, 0.05) is 141 Å². The summed E-state index contributed by atoms with van der Waals surface area (Å²) in [6.07, 6.45) is 16.6. The minimum atomic E-state index is -0.979. The van der Waals surface area contributed by atoms with Crippen molar-refractivity contribution in [1.82, 2.24) is 70.2 Å². The number of benzene rings is 4. The number of aldehydes is 1. The number of rotatable bonds is 19. The second kappa shape index (κ2) is 36.6. The van der Waals surface area contributed by atoms with Gasteiger partial charge in [-0.2, -0.15) is 0 Å². The number of hydrogen-bond donors (Lipinski definition) is 7. The number of carbonyl (C=O) groups excluding carboxylic acids is 13. The van der Waals surface area contributed by atoms with Crippen molar-refractivity contribution in [3.8, 4) is 0 Å². The van der Waals surface area contributed by atoms with E-state index in [0.717, 1.165) is 208 Å². The maximum absolute atomic E-state index is 13.4. The number of imide groups is 4. The molecule has 10 saturated heterocycles. The average molecular weight is 1680 g/mol. The highest BCUT2D eigenvalue weighted by atomic mass is 16.2. The summed E-state index contributed by atoms with van der Waals surface area (Å²) in [4.78, 5) is 199. The number of likely N-dealkylation sites (tertiary alicyclic amines) is 1. The fourth-order valence-corrected chi connectivity index (χ4v) is 19.5. The van der Waals surface area contributed by atoms with Gasteiger partial charge in [-0.05, 0) is 206 Å². The lowest BCUT2D eigenvalue weighted by Crippen LogP contribution is -2.54. The van der Waals surface area contributed by atoms with Crippen LogP contribution >= 0.6 is 0 Å². The minimum Gasteiger partial charge on any atom is -0.371 e. The second-order valence-electron chi connectivity index (χ2n) is 34.2. The number of piperidine rings is 8. The van der Waals surface area contributed by atoms with Crippen LogP contribution < -0.4 is 57.7 Å². The van der Waals surface area contributed by atoms with Crippen LogP contribution in [-0.4, -0.2) is 281 Å². The molecule has 4 aromatic carbocycles. The van der Waals surface area contributed by atoms with Gasteiger partial charge in [-0.3, -0.25) is 68.4 Å². The molecule has 646 valence electrons. The quantitative estimate of drug-likeness (QED) is 0.0373. The lowest BCUT2D eigenvalue weighted by molar-refractivity contribution is -0.137. The Kier molecular flexibility index (Phi) is 25.1. The topological polar surface area (TPSA) is 421 Å². The van der Waals surface area contributed by atoms with Gasteiger partial charge < -0.3 is 76.3 Å². The van der Waals surface area contributed by atoms with Gasteiger partial charge >= 0.3 is 12.1 Å². The molecular weight excluding hydrogens is 1570 g/mol. The zero-order valence-corrected chi connectivity index (χ0v) is 69.4. The molecule has 35 nitrogen and oxygen atoms in total. The smallest absolute Gasteiger partial charge is 0.320 e. The van der Waals surface area contributed by atoms with Crippen LogP contribution in [0.25, 0.3) is 0 Å². The van der Waals surface area contributed by atoms with Crippen molar-refractivity contribution in [2.24, 2.45) is 23.3 Å². The number of nitrogens with one attached hydrogen (secondary N) is 5. The molecule has 6 aromatic rings. The number of fused-ring (bicyclic) bond motifs is 2. The number of anilines is 8. The van der Waals surface area contributed by atoms with Gasteiger partial charge in [0.25, 0.3) is 35.4 Å². The number of nitrogens with two attached hydrogens (primary N) is 2. The number of urea groups is 2. The van der Waals surface area contributed by atoms with Crippen molar-refractivity contribution >= 4 is 123 Å². The van der Waals surface area contributed by atoms with Gasteiger partial charge in [0.2, 0.25) is 23.6 Å². The van der Waals surface area contributed by atoms with E-state index in [9.17, 15) is 62.3 Å². The van der Waals surface area contributed by atoms with Gasteiger partial charge in [-0.25, -0.2) is 29.5 Å². The molecule has 0 radical (unpaired) electrons. The Labute approximate surface area is 712 Å². The van der Waals surface area contributed by atoms with Crippen molar-refractivity contribution in [2.45, 2.75) is 139 Å². The number of aromatic nitrogens is 4. The predicted molar refractivity (Wildman–Crippen MR) is 456 cm³/mol. The molecule has 123 heavy (non-hydrogen) atoms. The molecule has 18 rings (SSSR count). The van der Waals surface area contributed by atoms with Crippen LogP contribution in [0.1, 0.15) is 188 Å². The summed E-state index contributed by atoms with van der Waals surface area (Å²) in [6, 6.07) is 25.5. The van der Waals surface area contributed by atoms with Crippen molar-refractivity contribution < 1.29 is 62.3 Å². The minimum absolute atomic E-state index is 0.0377. The Bertz CT molecular complexity index is 5120. The zero-order valence-electron chi connectivity index (χ0n) is 69.4. The third-order valence-corrected chi connectivity index (χ3v) is 26.3. The van der Waals surface area contributed by atoms with E-state index in [0.29, 0.717) is 71.8 Å². The first-order chi connectivity index (χ1) is 59.5. The Morgan fingerprint density at radius 1 is 0.463 bits per heavy atom. The van der Waals surface area contributed by atoms with Gasteiger partial charge in [-0.15, -0.1) is 0 Å². The van der Waals surface area contributed by atoms with Crippen LogP contribution in [0.5, 0.6) is 0 Å². The van der Waals surface area contributed by atoms with Crippen LogP contribution in [0.15, 0.2) is 97.3 Å². The van der Waals surface area contributed by atoms with E-state index in [1.54, 1.807) is 52.5 Å². The molecule has 12 aliphatic heterocycles. The van der Waals surface area contributed by atoms with Crippen LogP contribution in [0.4, 0.5) is 55.6 Å². The van der Waals surface area contributed by atoms with Crippen molar-refractivity contribution in [3.05, 3.63) is 142 Å². The summed E-state index contributed by atoms with van der Waals surface area (Å²) in [5.74, 6) is -1.91. The third-order valence-electron chi connectivity index (χ3n) is 26.3. The molecule has 9 N–H and O–H groups in total. The summed E-state index contributed by atoms with van der Waals surface area (Å²) in [7, 11) is 3.67. The standard InChI is InChI=1S/C44H53N11O6.C25H34N8O2.C19H19N3O5/c1-50-20-21-54(44(50)61)32-5-3-17-53(26-32)36-23-46-38(39(45)57)40(48-36)47-30-8-6-28(7-9-30)29-14-18-51(19-15-29)24-27-4-2-16-52(25-27)31-10-11-33-34(22-31)43(60)55(42(33)59)35-12-13-37(56)49-41(35)58;1-31-13-14-33(25(31)35)20-3-2-12-32(16-20)21-15-28-22(23(26)34)24(30-21)29-19-6-4-17(5-7-19)18-8-10-27-11-9-18;23-10-11-2-1-7-21(9-11)12-3-4-13-14(8-12)19(27)22(18(13)26)15-5-6-16(24)20-17(15)25/h6-11,22-23,27,29,32,35H,2-5,12-21,24-26H2,1H3,(H2,45,57)(H,47,48)(H,49,56,58);4-7,15,18,20,27H,2-3,8-14,16H2,1H3,(H2,26,34)(H,29,30);3-4,8,10-11,15H,1-2,5-7,9H2,(H,20,24,25)/t27-,32+,35?;20-;11-,15?/m011/s1. The summed E-state index contributed by atoms with van der Waals surface area (Å²) in [6.45, 7) is 14.1. The van der Waals surface area contributed by atoms with E-state index < -0.39 is 71.2 Å². The highest BCUT2D eigenvalue weighted by Gasteiger charge is 2.48. The molecule has 10 fully saturated rings. The molecular formula is C88H106N22O13. The molecule has 14 amide bonds. The van der Waals surface area contributed by atoms with Crippen LogP contribution in [0, 0.1) is 11.8 Å². The lowest BCUT2D eigenvalue weighted by Gasteiger charge is -2.39. The summed E-state index contributed by atoms with van der Waals surface area (Å²) in [5.41, 5.74) is 18.5. The molecule has 0 spiro atoms. The third kappa shape index (κ3) is 18.2. The number of amides is 14. The molecule has 0 bridgehead atoms. The summed E-state index contributed by atoms with van der Waals surface area (Å²) >= 11 is 0. The molecule has 0 aliphatic carbocycles. The molecule has 6 atom stereocenters. The van der Waals surface area contributed by atoms with Crippen molar-refractivity contribution in [3.63, 3.8) is 0 Å². The Hall–Kier alpha value is -12.5. The van der Waals surface area contributed by atoms with E-state index in [1.165, 1.54) is 11.1 Å². The fourth-order valence-electron chi connectivity index (χ4n) is 19.5. The number of carbonyl (C=O) groups is 13. The Morgan fingerprint density at radius 3 is 1.33 bits per heavy atom. The van der Waals surface area contributed by atoms with E-state index >= 15 is 0 Å². The molecule has 0 saturated carbocycles. The van der Waals surface area contributed by atoms with E-state index in [2.05, 4.69) is 80.4 Å². The highest BCUT2D eigenvalue weighted by Crippen LogP contribution is 2.39. The van der Waals surface area contributed by atoms with E-state index in [4.69, 9.17) is 21.4 Å². The van der Waals surface area contributed by atoms with Gasteiger partial charge in [0.15, 0.2) is 23.0 Å². The van der Waals surface area contributed by atoms with Crippen LogP contribution in [-0.2, 0) is 24.0 Å². The van der Waals surface area contributed by atoms with Crippen LogP contribution in [0.2, 0.25) is 0 Å². The normalized spacial score (nSPS) is 23.7. The number of nitrogens with zero attached hydrogens (tertiary/aromatic N) is 15. The van der Waals surface area contributed by atoms with Gasteiger partial charge in [0.05, 0.1) is 46.7 Å². The Balaban J connectivity index is 0.000000152. The zero-order chi connectivity index (χ0) is 85.9. The summed E-state index contributed by atoms with van der Waals surface area (Å²) in [5, 5.41) is 14.4. The first-order valence-electron chi connectivity index (χ1n) is 43.2. The number of primary amides is 2. The SMILES string of the molecule is CN1CCN([C@@H]2CCCN(c3cnc(C(N)=O)c(Nc4ccc(C5CCN(C[C@@H]6CCCN(c7ccc8c(c7)C(=O)N(C7CCC(=O)NC7=O)C8=O)C6)CC5)cc4)n3)C2)C1=O.CN1CCN([C@@H]2CCCN(c3cnc(C(N)=O)c(Nc4ccc(C5CCNCC5)cc4)n3)C2)C1=O.O=C[C@@H]1CCCN(c2ccc3c(c2)C(=O)N(C2CCC(=O)NC2=O)C3=O)C1. The average Bonchev–Trinajstić information content (AvgIpc) is 1.61. The highest BCUT2D eigenvalue weighted by molar-refractivity contribution is 6.25. The fraction of sp³-hybridized carbons (Fsp3) is 0.489.